The molecule has 2 saturated carbocycles. The van der Waals surface area contributed by atoms with Crippen LogP contribution in [0, 0.1) is 28.6 Å². The first kappa shape index (κ1) is 36.7. The van der Waals surface area contributed by atoms with Crippen molar-refractivity contribution in [3.63, 3.8) is 0 Å². The number of aliphatic hydroxyl groups is 2. The van der Waals surface area contributed by atoms with Crippen LogP contribution < -0.4 is 0 Å². The molecule has 0 amide bonds. The zero-order valence-electron chi connectivity index (χ0n) is 29.2. The fourth-order valence-electron chi connectivity index (χ4n) is 7.90. The van der Waals surface area contributed by atoms with E-state index in [0.717, 1.165) is 51.4 Å². The van der Waals surface area contributed by atoms with Crippen LogP contribution in [-0.4, -0.2) is 50.0 Å². The van der Waals surface area contributed by atoms with Crippen LogP contribution in [0.2, 0.25) is 18.1 Å². The third kappa shape index (κ3) is 8.55. The molecule has 3 rings (SSSR count). The summed E-state index contributed by atoms with van der Waals surface area (Å²) >= 11 is 0. The highest BCUT2D eigenvalue weighted by Crippen LogP contribution is 2.61. The van der Waals surface area contributed by atoms with Crippen molar-refractivity contribution in [2.45, 2.75) is 166 Å². The van der Waals surface area contributed by atoms with Gasteiger partial charge in [0.15, 0.2) is 18.2 Å². The summed E-state index contributed by atoms with van der Waals surface area (Å²) in [5.74, 6) is 0.497. The van der Waals surface area contributed by atoms with E-state index in [2.05, 4.69) is 61.6 Å². The van der Waals surface area contributed by atoms with Gasteiger partial charge in [-0.05, 0) is 118 Å². The molecule has 1 aromatic rings. The summed E-state index contributed by atoms with van der Waals surface area (Å²) in [6.45, 7) is 23.9. The number of hydrogen-bond donors (Lipinski definition) is 2. The highest BCUT2D eigenvalue weighted by molar-refractivity contribution is 7.92. The van der Waals surface area contributed by atoms with Gasteiger partial charge in [0.1, 0.15) is 0 Å². The summed E-state index contributed by atoms with van der Waals surface area (Å²) in [6.07, 6.45) is 7.15. The van der Waals surface area contributed by atoms with E-state index in [1.807, 2.05) is 6.07 Å². The molecule has 0 bridgehead atoms. The van der Waals surface area contributed by atoms with E-state index < -0.39 is 35.1 Å². The zero-order valence-corrected chi connectivity index (χ0v) is 31.1. The fraction of sp³-hybridized carbons (Fsp3) is 0.833. The molecule has 7 heteroatoms. The molecule has 5 nitrogen and oxygen atoms in total. The molecule has 0 spiro atoms. The molecule has 2 N–H and O–H groups in total. The molecule has 1 aromatic carbocycles. The van der Waals surface area contributed by atoms with Crippen molar-refractivity contribution < 1.29 is 23.1 Å². The lowest BCUT2D eigenvalue weighted by Gasteiger charge is -2.51. The highest BCUT2D eigenvalue weighted by atomic mass is 32.2. The number of benzene rings is 1. The van der Waals surface area contributed by atoms with Crippen molar-refractivity contribution in [2.75, 3.05) is 0 Å². The molecule has 7 atom stereocenters. The molecular formula is C36H64O5SSi. The number of hydrogen-bond acceptors (Lipinski definition) is 5. The van der Waals surface area contributed by atoms with E-state index in [4.69, 9.17) is 4.43 Å². The second-order valence-corrected chi connectivity index (χ2v) is 24.4. The van der Waals surface area contributed by atoms with E-state index >= 15 is 0 Å². The van der Waals surface area contributed by atoms with Crippen LogP contribution in [0.3, 0.4) is 0 Å². The Balaban J connectivity index is 2.08. The van der Waals surface area contributed by atoms with Gasteiger partial charge in [-0.1, -0.05) is 79.5 Å². The smallest absolute Gasteiger partial charge is 0.192 e. The van der Waals surface area contributed by atoms with Gasteiger partial charge in [-0.3, -0.25) is 0 Å². The van der Waals surface area contributed by atoms with Crippen molar-refractivity contribution in [1.29, 1.82) is 0 Å². The Labute approximate surface area is 265 Å². The van der Waals surface area contributed by atoms with Crippen molar-refractivity contribution in [2.24, 2.45) is 28.6 Å². The summed E-state index contributed by atoms with van der Waals surface area (Å²) in [7, 11) is -5.75. The second kappa shape index (κ2) is 13.2. The van der Waals surface area contributed by atoms with Crippen LogP contribution in [0.1, 0.15) is 120 Å². The minimum Gasteiger partial charge on any atom is -0.414 e. The molecule has 2 aliphatic rings. The quantitative estimate of drug-likeness (QED) is 0.224. The summed E-state index contributed by atoms with van der Waals surface area (Å²) in [4.78, 5) is 0.311. The van der Waals surface area contributed by atoms with Crippen LogP contribution in [0.15, 0.2) is 35.2 Å². The molecular weight excluding hydrogens is 573 g/mol. The predicted octanol–water partition coefficient (Wildman–Crippen LogP) is 8.79. The summed E-state index contributed by atoms with van der Waals surface area (Å²) in [5, 5.41) is 21.4. The van der Waals surface area contributed by atoms with Crippen LogP contribution in [0.5, 0.6) is 0 Å². The minimum atomic E-state index is -3.78. The second-order valence-electron chi connectivity index (χ2n) is 17.5. The van der Waals surface area contributed by atoms with Crippen LogP contribution in [0.4, 0.5) is 0 Å². The summed E-state index contributed by atoms with van der Waals surface area (Å²) in [5.41, 5.74) is -1.27. The lowest BCUT2D eigenvalue weighted by atomic mass is 9.60. The fourth-order valence-corrected chi connectivity index (χ4v) is 11.4. The minimum absolute atomic E-state index is 0.0260. The predicted molar refractivity (Wildman–Crippen MR) is 181 cm³/mol. The molecule has 0 radical (unpaired) electrons. The van der Waals surface area contributed by atoms with Gasteiger partial charge >= 0.3 is 0 Å². The van der Waals surface area contributed by atoms with Gasteiger partial charge in [0, 0.05) is 6.10 Å². The molecule has 43 heavy (non-hydrogen) atoms. The van der Waals surface area contributed by atoms with Gasteiger partial charge in [-0.2, -0.15) is 0 Å². The molecule has 2 aliphatic carbocycles. The largest absolute Gasteiger partial charge is 0.414 e. The van der Waals surface area contributed by atoms with Gasteiger partial charge in [0.25, 0.3) is 0 Å². The highest BCUT2D eigenvalue weighted by Gasteiger charge is 2.57. The Morgan fingerprint density at radius 2 is 1.60 bits per heavy atom. The third-order valence-electron chi connectivity index (χ3n) is 11.6. The summed E-state index contributed by atoms with van der Waals surface area (Å²) in [6, 6.07) is 8.78. The van der Waals surface area contributed by atoms with E-state index in [1.165, 1.54) is 0 Å². The first-order valence-electron chi connectivity index (χ1n) is 16.9. The van der Waals surface area contributed by atoms with Crippen molar-refractivity contribution in [3.8, 4) is 0 Å². The Kier molecular flexibility index (Phi) is 11.3. The van der Waals surface area contributed by atoms with E-state index in [9.17, 15) is 18.6 Å². The van der Waals surface area contributed by atoms with Crippen molar-refractivity contribution in [3.05, 3.63) is 30.3 Å². The topological polar surface area (TPSA) is 83.8 Å². The molecule has 0 heterocycles. The van der Waals surface area contributed by atoms with E-state index in [-0.39, 0.29) is 40.2 Å². The Morgan fingerprint density at radius 1 is 1.00 bits per heavy atom. The van der Waals surface area contributed by atoms with Crippen LogP contribution in [-0.2, 0) is 14.3 Å². The maximum absolute atomic E-state index is 14.6. The average molecular weight is 637 g/mol. The van der Waals surface area contributed by atoms with Crippen molar-refractivity contribution >= 4 is 18.2 Å². The summed E-state index contributed by atoms with van der Waals surface area (Å²) < 4.78 is 36.3. The van der Waals surface area contributed by atoms with Crippen LogP contribution in [0.25, 0.3) is 0 Å². The molecule has 0 saturated heterocycles. The zero-order chi connectivity index (χ0) is 32.6. The Hall–Kier alpha value is -0.733. The van der Waals surface area contributed by atoms with Gasteiger partial charge in [0.2, 0.25) is 0 Å². The lowest BCUT2D eigenvalue weighted by Crippen LogP contribution is -2.51. The van der Waals surface area contributed by atoms with Crippen molar-refractivity contribution in [1.82, 2.24) is 0 Å². The Bertz CT molecular complexity index is 1140. The SMILES string of the molecule is CC(C)(C)CCC[C@H](C1CCC2[C@@H](O[Si](C)(C)C(C)(C)C)CCC[C@]12C)C(CC(O)C(C)(C)O)S(=O)(=O)c1ccccc1. The van der Waals surface area contributed by atoms with E-state index in [0.29, 0.717) is 10.8 Å². The van der Waals surface area contributed by atoms with Gasteiger partial charge in [0.05, 0.1) is 21.9 Å². The average Bonchev–Trinajstić information content (AvgIpc) is 3.21. The standard InChI is InChI=1S/C36H64O5SSi/c1-33(2,3)23-15-19-27(31(25-32(37)35(7,8)38)42(39,40)26-17-13-12-14-18-26)28-21-22-29-30(20-16-24-36(28,29)9)41-43(10,11)34(4,5)6/h12-14,17-18,27-32,37-38H,15-16,19-25H2,1-11H3/t27-,28?,29?,30+,31?,32?,36-/m1/s1. The molecule has 4 unspecified atom stereocenters. The van der Waals surface area contributed by atoms with Gasteiger partial charge in [-0.15, -0.1) is 0 Å². The van der Waals surface area contributed by atoms with E-state index in [1.54, 1.807) is 38.1 Å². The molecule has 0 aromatic heterocycles. The monoisotopic (exact) mass is 636 g/mol. The number of sulfone groups is 1. The maximum atomic E-state index is 14.6. The van der Waals surface area contributed by atoms with Crippen LogP contribution >= 0.6 is 0 Å². The number of aliphatic hydroxyl groups excluding tert-OH is 1. The first-order chi connectivity index (χ1) is 19.5. The number of rotatable bonds is 12. The van der Waals surface area contributed by atoms with Gasteiger partial charge in [-0.25, -0.2) is 8.42 Å². The molecule has 248 valence electrons. The molecule has 0 aliphatic heterocycles. The lowest BCUT2D eigenvalue weighted by molar-refractivity contribution is -0.0582. The number of fused-ring (bicyclic) bond motifs is 1. The third-order valence-corrected chi connectivity index (χ3v) is 18.4. The first-order valence-corrected chi connectivity index (χ1v) is 21.3. The molecule has 2 fully saturated rings. The normalized spacial score (nSPS) is 27.9. The maximum Gasteiger partial charge on any atom is 0.192 e. The Morgan fingerprint density at radius 3 is 2.14 bits per heavy atom. The van der Waals surface area contributed by atoms with Gasteiger partial charge < -0.3 is 14.6 Å².